The van der Waals surface area contributed by atoms with Crippen molar-refractivity contribution in [3.8, 4) is 0 Å². The van der Waals surface area contributed by atoms with E-state index < -0.39 is 11.8 Å². The smallest absolute Gasteiger partial charge is 0.185 e. The monoisotopic (exact) mass is 441 g/mol. The van der Waals surface area contributed by atoms with E-state index in [1.165, 1.54) is 103 Å². The Morgan fingerprint density at radius 2 is 0.935 bits per heavy atom. The molecular formula is C27H55NO3. The zero-order chi connectivity index (χ0) is 23.2. The third-order valence-electron chi connectivity index (χ3n) is 6.49. The Kier molecular flexibility index (Phi) is 21.1. The maximum atomic E-state index is 12.0. The lowest BCUT2D eigenvalue weighted by atomic mass is 9.95. The van der Waals surface area contributed by atoms with E-state index in [0.29, 0.717) is 12.8 Å². The molecule has 0 bridgehead atoms. The number of rotatable bonds is 24. The fraction of sp³-hybridized carbons (Fsp3) is 0.963. The Balaban J connectivity index is 3.31. The molecule has 0 fully saturated rings. The van der Waals surface area contributed by atoms with Gasteiger partial charge in [0, 0.05) is 12.8 Å². The van der Waals surface area contributed by atoms with Crippen LogP contribution in [0.25, 0.3) is 0 Å². The van der Waals surface area contributed by atoms with Crippen LogP contribution in [0, 0.1) is 0 Å². The average molecular weight is 442 g/mol. The molecule has 4 nitrogen and oxygen atoms in total. The van der Waals surface area contributed by atoms with E-state index >= 15 is 0 Å². The number of hydrogen-bond donors (Lipinski definition) is 3. The van der Waals surface area contributed by atoms with Gasteiger partial charge in [-0.05, 0) is 6.42 Å². The molecule has 4 N–H and O–H groups in total. The summed E-state index contributed by atoms with van der Waals surface area (Å²) in [6.07, 6.45) is 26.2. The van der Waals surface area contributed by atoms with Gasteiger partial charge in [-0.1, -0.05) is 136 Å². The molecule has 0 spiro atoms. The SMILES string of the molecule is CCCCCCCCCCCCCCCCCCCCCC(=O)C(N)C(O)(O)CCC. The van der Waals surface area contributed by atoms with Crippen LogP contribution in [-0.2, 0) is 4.79 Å². The number of carbonyl (C=O) groups is 1. The molecule has 0 radical (unpaired) electrons. The van der Waals surface area contributed by atoms with Crippen molar-refractivity contribution in [1.82, 2.24) is 0 Å². The summed E-state index contributed by atoms with van der Waals surface area (Å²) < 4.78 is 0. The first-order chi connectivity index (χ1) is 15.0. The highest BCUT2D eigenvalue weighted by Crippen LogP contribution is 2.17. The quantitative estimate of drug-likeness (QED) is 0.109. The predicted molar refractivity (Wildman–Crippen MR) is 133 cm³/mol. The molecule has 0 saturated heterocycles. The van der Waals surface area contributed by atoms with E-state index in [0.717, 1.165) is 19.3 Å². The van der Waals surface area contributed by atoms with Crippen molar-refractivity contribution in [3.63, 3.8) is 0 Å². The fourth-order valence-electron chi connectivity index (χ4n) is 4.31. The molecule has 0 rings (SSSR count). The molecule has 0 aromatic rings. The van der Waals surface area contributed by atoms with E-state index in [9.17, 15) is 15.0 Å². The lowest BCUT2D eigenvalue weighted by molar-refractivity contribution is -0.184. The molecule has 186 valence electrons. The maximum absolute atomic E-state index is 12.0. The Morgan fingerprint density at radius 3 is 1.26 bits per heavy atom. The van der Waals surface area contributed by atoms with E-state index in [1.54, 1.807) is 0 Å². The van der Waals surface area contributed by atoms with Gasteiger partial charge in [0.1, 0.15) is 6.04 Å². The van der Waals surface area contributed by atoms with Gasteiger partial charge in [-0.3, -0.25) is 4.79 Å². The molecule has 0 aliphatic rings. The zero-order valence-electron chi connectivity index (χ0n) is 21.0. The lowest BCUT2D eigenvalue weighted by Crippen LogP contribution is -2.52. The molecule has 0 saturated carbocycles. The van der Waals surface area contributed by atoms with Gasteiger partial charge < -0.3 is 15.9 Å². The minimum atomic E-state index is -2.06. The molecule has 0 aliphatic carbocycles. The van der Waals surface area contributed by atoms with Gasteiger partial charge in [-0.25, -0.2) is 0 Å². The van der Waals surface area contributed by atoms with Gasteiger partial charge in [-0.2, -0.15) is 0 Å². The van der Waals surface area contributed by atoms with E-state index in [2.05, 4.69) is 6.92 Å². The van der Waals surface area contributed by atoms with Gasteiger partial charge in [0.25, 0.3) is 0 Å². The summed E-state index contributed by atoms with van der Waals surface area (Å²) in [4.78, 5) is 12.0. The Morgan fingerprint density at radius 1 is 0.613 bits per heavy atom. The standard InChI is InChI=1S/C27H55NO3/c1-3-5-6-7-8-9-10-11-12-13-14-15-16-17-18-19-20-21-22-23-25(29)26(28)27(30,31)24-4-2/h26,30-31H,3-24,28H2,1-2H3. The molecule has 4 heteroatoms. The molecule has 0 amide bonds. The van der Waals surface area contributed by atoms with E-state index in [4.69, 9.17) is 5.73 Å². The zero-order valence-corrected chi connectivity index (χ0v) is 21.0. The van der Waals surface area contributed by atoms with Crippen molar-refractivity contribution in [2.24, 2.45) is 5.73 Å². The van der Waals surface area contributed by atoms with Crippen LogP contribution in [0.2, 0.25) is 0 Å². The molecule has 31 heavy (non-hydrogen) atoms. The summed E-state index contributed by atoms with van der Waals surface area (Å²) in [5.74, 6) is -2.29. The third kappa shape index (κ3) is 18.8. The molecular weight excluding hydrogens is 386 g/mol. The molecule has 0 aliphatic heterocycles. The van der Waals surface area contributed by atoms with Gasteiger partial charge in [-0.15, -0.1) is 0 Å². The van der Waals surface area contributed by atoms with Crippen molar-refractivity contribution < 1.29 is 15.0 Å². The summed E-state index contributed by atoms with van der Waals surface area (Å²) in [6.45, 7) is 4.12. The first kappa shape index (κ1) is 30.6. The van der Waals surface area contributed by atoms with Gasteiger partial charge >= 0.3 is 0 Å². The first-order valence-electron chi connectivity index (χ1n) is 13.7. The number of aliphatic hydroxyl groups is 2. The van der Waals surface area contributed by atoms with Crippen molar-refractivity contribution in [2.45, 2.75) is 167 Å². The summed E-state index contributed by atoms with van der Waals surface area (Å²) in [7, 11) is 0. The number of nitrogens with two attached hydrogens (primary N) is 1. The molecule has 1 atom stereocenters. The van der Waals surface area contributed by atoms with Crippen LogP contribution in [0.3, 0.4) is 0 Å². The van der Waals surface area contributed by atoms with E-state index in [-0.39, 0.29) is 12.2 Å². The second-order valence-corrected chi connectivity index (χ2v) is 9.69. The second-order valence-electron chi connectivity index (χ2n) is 9.69. The van der Waals surface area contributed by atoms with Gasteiger partial charge in [0.15, 0.2) is 11.6 Å². The Bertz CT molecular complexity index is 398. The molecule has 1 unspecified atom stereocenters. The van der Waals surface area contributed by atoms with Crippen LogP contribution < -0.4 is 5.73 Å². The number of hydrogen-bond acceptors (Lipinski definition) is 4. The summed E-state index contributed by atoms with van der Waals surface area (Å²) >= 11 is 0. The molecule has 0 heterocycles. The normalized spacial score (nSPS) is 12.9. The number of carbonyl (C=O) groups excluding carboxylic acids is 1. The maximum Gasteiger partial charge on any atom is 0.185 e. The summed E-state index contributed by atoms with van der Waals surface area (Å²) in [6, 6.07) is -1.18. The highest BCUT2D eigenvalue weighted by molar-refractivity contribution is 5.84. The minimum absolute atomic E-state index is 0.138. The highest BCUT2D eigenvalue weighted by Gasteiger charge is 2.35. The van der Waals surface area contributed by atoms with E-state index in [1.807, 2.05) is 6.92 Å². The van der Waals surface area contributed by atoms with Gasteiger partial charge in [0.2, 0.25) is 0 Å². The number of unbranched alkanes of at least 4 members (excludes halogenated alkanes) is 18. The van der Waals surface area contributed by atoms with Crippen molar-refractivity contribution in [1.29, 1.82) is 0 Å². The van der Waals surface area contributed by atoms with Crippen LogP contribution in [0.5, 0.6) is 0 Å². The second kappa shape index (κ2) is 21.4. The summed E-state index contributed by atoms with van der Waals surface area (Å²) in [5, 5.41) is 19.6. The highest BCUT2D eigenvalue weighted by atomic mass is 16.5. The number of Topliss-reactive ketones (excluding diaryl/α,β-unsaturated/α-hetero) is 1. The topological polar surface area (TPSA) is 83.6 Å². The van der Waals surface area contributed by atoms with Crippen molar-refractivity contribution in [2.75, 3.05) is 0 Å². The first-order valence-corrected chi connectivity index (χ1v) is 13.7. The minimum Gasteiger partial charge on any atom is -0.364 e. The van der Waals surface area contributed by atoms with Gasteiger partial charge in [0.05, 0.1) is 0 Å². The Labute approximate surface area is 193 Å². The van der Waals surface area contributed by atoms with Crippen LogP contribution in [0.15, 0.2) is 0 Å². The largest absolute Gasteiger partial charge is 0.364 e. The van der Waals surface area contributed by atoms with Crippen LogP contribution in [0.1, 0.15) is 155 Å². The third-order valence-corrected chi connectivity index (χ3v) is 6.49. The summed E-state index contributed by atoms with van der Waals surface area (Å²) in [5.41, 5.74) is 5.71. The molecule has 0 aromatic carbocycles. The fourth-order valence-corrected chi connectivity index (χ4v) is 4.31. The van der Waals surface area contributed by atoms with Crippen molar-refractivity contribution >= 4 is 5.78 Å². The average Bonchev–Trinajstić information content (AvgIpc) is 2.74. The Hall–Kier alpha value is -0.450. The van der Waals surface area contributed by atoms with Crippen LogP contribution in [-0.4, -0.2) is 27.8 Å². The van der Waals surface area contributed by atoms with Crippen LogP contribution in [0.4, 0.5) is 0 Å². The lowest BCUT2D eigenvalue weighted by Gasteiger charge is -2.27. The predicted octanol–water partition coefficient (Wildman–Crippen LogP) is 7.19. The van der Waals surface area contributed by atoms with Crippen LogP contribution >= 0.6 is 0 Å². The number of ketones is 1. The molecule has 0 aromatic heterocycles. The van der Waals surface area contributed by atoms with Crippen molar-refractivity contribution in [3.05, 3.63) is 0 Å².